The van der Waals surface area contributed by atoms with E-state index in [0.717, 1.165) is 0 Å². The lowest BCUT2D eigenvalue weighted by Gasteiger charge is -2.23. The van der Waals surface area contributed by atoms with Gasteiger partial charge in [-0.3, -0.25) is 9.59 Å². The number of H-pyrrole nitrogens is 1. The summed E-state index contributed by atoms with van der Waals surface area (Å²) in [5, 5.41) is 0. The number of carbonyl (C=O) groups excluding carboxylic acids is 1. The Labute approximate surface area is 122 Å². The van der Waals surface area contributed by atoms with Crippen molar-refractivity contribution < 1.29 is 13.2 Å². The highest BCUT2D eigenvalue weighted by Crippen LogP contribution is 2.16. The van der Waals surface area contributed by atoms with E-state index in [1.165, 1.54) is 13.8 Å². The van der Waals surface area contributed by atoms with Crippen LogP contribution in [-0.4, -0.2) is 43.3 Å². The van der Waals surface area contributed by atoms with Crippen molar-refractivity contribution in [2.24, 2.45) is 0 Å². The second-order valence-corrected chi connectivity index (χ2v) is 7.17. The van der Waals surface area contributed by atoms with Gasteiger partial charge in [0.05, 0.1) is 6.04 Å². The van der Waals surface area contributed by atoms with Crippen LogP contribution in [0.1, 0.15) is 26.5 Å². The first kappa shape index (κ1) is 16.9. The first-order valence-corrected chi connectivity index (χ1v) is 8.53. The molecule has 114 valence electrons. The lowest BCUT2D eigenvalue weighted by molar-refractivity contribution is -0.132. The number of aromatic nitrogens is 1. The van der Waals surface area contributed by atoms with Gasteiger partial charge in [0.2, 0.25) is 5.91 Å². The molecular formula is C11H19N3O4S2. The molecule has 0 bridgehead atoms. The summed E-state index contributed by atoms with van der Waals surface area (Å²) < 4.78 is 26.5. The summed E-state index contributed by atoms with van der Waals surface area (Å²) in [6, 6.07) is -0.878. The number of thiazole rings is 1. The van der Waals surface area contributed by atoms with Gasteiger partial charge in [-0.05, 0) is 27.7 Å². The molecule has 9 heteroatoms. The Morgan fingerprint density at radius 2 is 1.95 bits per heavy atom. The Bertz CT molecular complexity index is 628. The average Bonchev–Trinajstić information content (AvgIpc) is 2.70. The van der Waals surface area contributed by atoms with Crippen molar-refractivity contribution >= 4 is 27.3 Å². The molecule has 20 heavy (non-hydrogen) atoms. The Balaban J connectivity index is 2.94. The first-order chi connectivity index (χ1) is 9.22. The van der Waals surface area contributed by atoms with Crippen LogP contribution in [0.2, 0.25) is 0 Å². The zero-order valence-corrected chi connectivity index (χ0v) is 13.5. The third-order valence-corrected chi connectivity index (χ3v) is 5.95. The Hall–Kier alpha value is -1.19. The number of rotatable bonds is 6. The molecule has 7 nitrogen and oxygen atoms in total. The van der Waals surface area contributed by atoms with Gasteiger partial charge in [0.1, 0.15) is 0 Å². The molecule has 2 N–H and O–H groups in total. The van der Waals surface area contributed by atoms with Gasteiger partial charge >= 0.3 is 4.87 Å². The fourth-order valence-corrected chi connectivity index (χ4v) is 4.31. The van der Waals surface area contributed by atoms with Crippen molar-refractivity contribution in [2.75, 3.05) is 13.1 Å². The van der Waals surface area contributed by atoms with Gasteiger partial charge < -0.3 is 9.88 Å². The van der Waals surface area contributed by atoms with E-state index < -0.39 is 20.9 Å². The maximum Gasteiger partial charge on any atom is 0.305 e. The minimum atomic E-state index is -3.87. The second kappa shape index (κ2) is 6.51. The number of carbonyl (C=O) groups is 1. The van der Waals surface area contributed by atoms with Gasteiger partial charge in [0, 0.05) is 18.8 Å². The van der Waals surface area contributed by atoms with E-state index in [1.54, 1.807) is 4.90 Å². The predicted octanol–water partition coefficient (Wildman–Crippen LogP) is 0.280. The molecule has 0 saturated heterocycles. The van der Waals surface area contributed by atoms with Gasteiger partial charge in [0.25, 0.3) is 10.0 Å². The highest BCUT2D eigenvalue weighted by molar-refractivity contribution is 7.91. The molecule has 1 amide bonds. The summed E-state index contributed by atoms with van der Waals surface area (Å²) in [5.41, 5.74) is 0.273. The van der Waals surface area contributed by atoms with Gasteiger partial charge in [-0.2, -0.15) is 4.72 Å². The molecular weight excluding hydrogens is 302 g/mol. The molecule has 0 aliphatic rings. The number of sulfonamides is 1. The average molecular weight is 321 g/mol. The molecule has 1 rings (SSSR count). The number of hydrogen-bond acceptors (Lipinski definition) is 5. The van der Waals surface area contributed by atoms with Crippen molar-refractivity contribution in [3.8, 4) is 0 Å². The number of likely N-dealkylation sites (N-methyl/N-ethyl adjacent to an activating group) is 1. The highest BCUT2D eigenvalue weighted by Gasteiger charge is 2.27. The van der Waals surface area contributed by atoms with E-state index in [4.69, 9.17) is 0 Å². The molecule has 1 heterocycles. The minimum absolute atomic E-state index is 0.0818. The van der Waals surface area contributed by atoms with E-state index in [9.17, 15) is 18.0 Å². The standard InChI is InChI=1S/C11H19N3O4S2/c1-5-14(6-2)9(15)7(3)13-20(17,18)10-8(4)12-11(16)19-10/h7,13H,5-6H2,1-4H3,(H,12,16). The second-order valence-electron chi connectivity index (χ2n) is 4.28. The fraction of sp³-hybridized carbons (Fsp3) is 0.636. The van der Waals surface area contributed by atoms with Crippen LogP contribution in [0.3, 0.4) is 0 Å². The Kier molecular flexibility index (Phi) is 5.49. The molecule has 1 aromatic rings. The molecule has 0 aliphatic heterocycles. The third-order valence-electron chi connectivity index (χ3n) is 2.80. The zero-order chi connectivity index (χ0) is 15.5. The smallest absolute Gasteiger partial charge is 0.305 e. The molecule has 0 aromatic carbocycles. The minimum Gasteiger partial charge on any atom is -0.342 e. The van der Waals surface area contributed by atoms with Crippen LogP contribution in [0.4, 0.5) is 0 Å². The van der Waals surface area contributed by atoms with E-state index in [2.05, 4.69) is 9.71 Å². The highest BCUT2D eigenvalue weighted by atomic mass is 32.2. The first-order valence-electron chi connectivity index (χ1n) is 6.23. The summed E-state index contributed by atoms with van der Waals surface area (Å²) in [5.74, 6) is -0.292. The summed E-state index contributed by atoms with van der Waals surface area (Å²) in [6.07, 6.45) is 0. The molecule has 0 spiro atoms. The number of amides is 1. The summed E-state index contributed by atoms with van der Waals surface area (Å²) in [6.45, 7) is 7.66. The van der Waals surface area contributed by atoms with Crippen LogP contribution in [0, 0.1) is 6.92 Å². The Morgan fingerprint density at radius 3 is 2.35 bits per heavy atom. The summed E-state index contributed by atoms with van der Waals surface area (Å²) in [7, 11) is -3.87. The van der Waals surface area contributed by atoms with Crippen LogP contribution in [0.15, 0.2) is 9.00 Å². The molecule has 0 saturated carbocycles. The molecule has 1 aromatic heterocycles. The van der Waals surface area contributed by atoms with Crippen molar-refractivity contribution in [2.45, 2.75) is 37.9 Å². The van der Waals surface area contributed by atoms with Crippen LogP contribution in [0.5, 0.6) is 0 Å². The van der Waals surface area contributed by atoms with Crippen LogP contribution in [0.25, 0.3) is 0 Å². The Morgan fingerprint density at radius 1 is 1.40 bits per heavy atom. The van der Waals surface area contributed by atoms with Crippen molar-refractivity contribution in [1.29, 1.82) is 0 Å². The van der Waals surface area contributed by atoms with E-state index >= 15 is 0 Å². The quantitative estimate of drug-likeness (QED) is 0.786. The lowest BCUT2D eigenvalue weighted by Crippen LogP contribution is -2.46. The van der Waals surface area contributed by atoms with E-state index in [0.29, 0.717) is 24.4 Å². The molecule has 0 fully saturated rings. The van der Waals surface area contributed by atoms with Gasteiger partial charge in [0.15, 0.2) is 4.21 Å². The van der Waals surface area contributed by atoms with E-state index in [1.807, 2.05) is 13.8 Å². The molecule has 1 unspecified atom stereocenters. The van der Waals surface area contributed by atoms with Crippen molar-refractivity contribution in [1.82, 2.24) is 14.6 Å². The SMILES string of the molecule is CCN(CC)C(=O)C(C)NS(=O)(=O)c1sc(=O)[nH]c1C. The van der Waals surface area contributed by atoms with Crippen LogP contribution < -0.4 is 9.60 Å². The van der Waals surface area contributed by atoms with Crippen LogP contribution >= 0.6 is 11.3 Å². The van der Waals surface area contributed by atoms with Gasteiger partial charge in [-0.15, -0.1) is 0 Å². The third kappa shape index (κ3) is 3.68. The van der Waals surface area contributed by atoms with Gasteiger partial charge in [-0.1, -0.05) is 11.3 Å². The lowest BCUT2D eigenvalue weighted by atomic mass is 10.3. The maximum absolute atomic E-state index is 12.2. The van der Waals surface area contributed by atoms with Crippen LogP contribution in [-0.2, 0) is 14.8 Å². The van der Waals surface area contributed by atoms with Crippen molar-refractivity contribution in [3.63, 3.8) is 0 Å². The van der Waals surface area contributed by atoms with Crippen molar-refractivity contribution in [3.05, 3.63) is 15.4 Å². The molecule has 1 atom stereocenters. The zero-order valence-electron chi connectivity index (χ0n) is 11.9. The number of hydrogen-bond donors (Lipinski definition) is 2. The largest absolute Gasteiger partial charge is 0.342 e. The topological polar surface area (TPSA) is 99.3 Å². The fourth-order valence-electron chi connectivity index (χ4n) is 1.79. The summed E-state index contributed by atoms with van der Waals surface area (Å²) in [4.78, 5) is 26.7. The number of aromatic amines is 1. The molecule has 0 radical (unpaired) electrons. The molecule has 0 aliphatic carbocycles. The van der Waals surface area contributed by atoms with Gasteiger partial charge in [-0.25, -0.2) is 8.42 Å². The normalized spacial score (nSPS) is 13.2. The summed E-state index contributed by atoms with van der Waals surface area (Å²) >= 11 is 0.608. The number of nitrogens with zero attached hydrogens (tertiary/aromatic N) is 1. The number of aryl methyl sites for hydroxylation is 1. The predicted molar refractivity (Wildman–Crippen MR) is 77.4 cm³/mol. The van der Waals surface area contributed by atoms with E-state index in [-0.39, 0.29) is 15.8 Å². The monoisotopic (exact) mass is 321 g/mol. The maximum atomic E-state index is 12.2. The number of nitrogens with one attached hydrogen (secondary N) is 2.